The SMILES string of the molecule is O=C(O)C(CC(=O)N1CCNCC1)C1CCCCC1. The number of carbonyl (C=O) groups excluding carboxylic acids is 1. The summed E-state index contributed by atoms with van der Waals surface area (Å²) >= 11 is 0. The van der Waals surface area contributed by atoms with Gasteiger partial charge in [-0.3, -0.25) is 9.59 Å². The topological polar surface area (TPSA) is 69.6 Å². The van der Waals surface area contributed by atoms with Crippen molar-refractivity contribution in [3.63, 3.8) is 0 Å². The minimum absolute atomic E-state index is 0.0134. The molecular weight excluding hydrogens is 244 g/mol. The summed E-state index contributed by atoms with van der Waals surface area (Å²) < 4.78 is 0. The zero-order valence-electron chi connectivity index (χ0n) is 11.4. The van der Waals surface area contributed by atoms with Crippen molar-refractivity contribution >= 4 is 11.9 Å². The molecule has 1 aliphatic carbocycles. The van der Waals surface area contributed by atoms with Gasteiger partial charge in [-0.1, -0.05) is 19.3 Å². The lowest BCUT2D eigenvalue weighted by atomic mass is 9.78. The minimum Gasteiger partial charge on any atom is -0.481 e. The number of carbonyl (C=O) groups is 2. The molecule has 2 rings (SSSR count). The van der Waals surface area contributed by atoms with Crippen LogP contribution in [0, 0.1) is 11.8 Å². The number of amides is 1. The number of carboxylic acids is 1. The van der Waals surface area contributed by atoms with Gasteiger partial charge in [-0.2, -0.15) is 0 Å². The molecule has 1 unspecified atom stereocenters. The first-order valence-corrected chi connectivity index (χ1v) is 7.40. The lowest BCUT2D eigenvalue weighted by Gasteiger charge is -2.31. The summed E-state index contributed by atoms with van der Waals surface area (Å²) in [5.41, 5.74) is 0. The molecule has 0 radical (unpaired) electrons. The van der Waals surface area contributed by atoms with Gasteiger partial charge in [-0.05, 0) is 18.8 Å². The Kier molecular flexibility index (Phi) is 5.19. The fourth-order valence-electron chi connectivity index (χ4n) is 3.22. The maximum absolute atomic E-state index is 12.2. The third-order valence-electron chi connectivity index (χ3n) is 4.40. The van der Waals surface area contributed by atoms with Crippen molar-refractivity contribution in [2.75, 3.05) is 26.2 Å². The van der Waals surface area contributed by atoms with Gasteiger partial charge in [-0.25, -0.2) is 0 Å². The van der Waals surface area contributed by atoms with Crippen molar-refractivity contribution in [2.24, 2.45) is 11.8 Å². The maximum Gasteiger partial charge on any atom is 0.307 e. The molecule has 1 atom stereocenters. The van der Waals surface area contributed by atoms with Crippen LogP contribution >= 0.6 is 0 Å². The highest BCUT2D eigenvalue weighted by molar-refractivity contribution is 5.82. The predicted octanol–water partition coefficient (Wildman–Crippen LogP) is 1.09. The average molecular weight is 268 g/mol. The van der Waals surface area contributed by atoms with E-state index in [1.807, 2.05) is 0 Å². The summed E-state index contributed by atoms with van der Waals surface area (Å²) in [6, 6.07) is 0. The minimum atomic E-state index is -0.796. The predicted molar refractivity (Wildman–Crippen MR) is 71.8 cm³/mol. The normalized spacial score (nSPS) is 23.1. The molecule has 0 aromatic carbocycles. The number of rotatable bonds is 4. The second kappa shape index (κ2) is 6.89. The highest BCUT2D eigenvalue weighted by Crippen LogP contribution is 2.32. The van der Waals surface area contributed by atoms with Crippen molar-refractivity contribution in [1.29, 1.82) is 0 Å². The van der Waals surface area contributed by atoms with Crippen LogP contribution in [-0.4, -0.2) is 48.1 Å². The summed E-state index contributed by atoms with van der Waals surface area (Å²) in [5.74, 6) is -1.07. The van der Waals surface area contributed by atoms with E-state index in [1.165, 1.54) is 6.42 Å². The van der Waals surface area contributed by atoms with Crippen molar-refractivity contribution in [2.45, 2.75) is 38.5 Å². The Labute approximate surface area is 114 Å². The van der Waals surface area contributed by atoms with E-state index in [4.69, 9.17) is 0 Å². The van der Waals surface area contributed by atoms with E-state index in [1.54, 1.807) is 4.90 Å². The quantitative estimate of drug-likeness (QED) is 0.801. The third-order valence-corrected chi connectivity index (χ3v) is 4.40. The first kappa shape index (κ1) is 14.3. The summed E-state index contributed by atoms with van der Waals surface area (Å²) in [5, 5.41) is 12.6. The van der Waals surface area contributed by atoms with Gasteiger partial charge in [0, 0.05) is 32.6 Å². The molecule has 5 heteroatoms. The monoisotopic (exact) mass is 268 g/mol. The Morgan fingerprint density at radius 1 is 1.16 bits per heavy atom. The molecule has 2 N–H and O–H groups in total. The molecule has 0 bridgehead atoms. The average Bonchev–Trinajstić information content (AvgIpc) is 2.46. The molecule has 2 aliphatic rings. The van der Waals surface area contributed by atoms with E-state index in [9.17, 15) is 14.7 Å². The Bertz CT molecular complexity index is 321. The summed E-state index contributed by atoms with van der Waals surface area (Å²) in [7, 11) is 0. The maximum atomic E-state index is 12.2. The lowest BCUT2D eigenvalue weighted by molar-refractivity contribution is -0.148. The van der Waals surface area contributed by atoms with Crippen molar-refractivity contribution in [3.8, 4) is 0 Å². The molecule has 0 aromatic rings. The van der Waals surface area contributed by atoms with Gasteiger partial charge in [0.15, 0.2) is 0 Å². The van der Waals surface area contributed by atoms with Crippen LogP contribution in [0.25, 0.3) is 0 Å². The molecule has 5 nitrogen and oxygen atoms in total. The molecule has 2 fully saturated rings. The zero-order chi connectivity index (χ0) is 13.7. The van der Waals surface area contributed by atoms with Gasteiger partial charge in [0.05, 0.1) is 5.92 Å². The van der Waals surface area contributed by atoms with Crippen LogP contribution in [0.4, 0.5) is 0 Å². The Balaban J connectivity index is 1.91. The number of aliphatic carboxylic acids is 1. The molecule has 0 aromatic heterocycles. The van der Waals surface area contributed by atoms with Gasteiger partial charge in [0.2, 0.25) is 5.91 Å². The molecule has 1 saturated heterocycles. The highest BCUT2D eigenvalue weighted by atomic mass is 16.4. The molecule has 108 valence electrons. The van der Waals surface area contributed by atoms with Gasteiger partial charge >= 0.3 is 5.97 Å². The second-order valence-corrected chi connectivity index (χ2v) is 5.68. The fourth-order valence-corrected chi connectivity index (χ4v) is 3.22. The van der Waals surface area contributed by atoms with Crippen molar-refractivity contribution in [1.82, 2.24) is 10.2 Å². The van der Waals surface area contributed by atoms with E-state index >= 15 is 0 Å². The summed E-state index contributed by atoms with van der Waals surface area (Å²) in [6.45, 7) is 3.03. The smallest absolute Gasteiger partial charge is 0.307 e. The first-order valence-electron chi connectivity index (χ1n) is 7.40. The highest BCUT2D eigenvalue weighted by Gasteiger charge is 2.32. The van der Waals surface area contributed by atoms with Gasteiger partial charge in [-0.15, -0.1) is 0 Å². The van der Waals surface area contributed by atoms with Gasteiger partial charge < -0.3 is 15.3 Å². The van der Waals surface area contributed by atoms with E-state index in [-0.39, 0.29) is 18.2 Å². The van der Waals surface area contributed by atoms with Crippen molar-refractivity contribution < 1.29 is 14.7 Å². The van der Waals surface area contributed by atoms with Crippen molar-refractivity contribution in [3.05, 3.63) is 0 Å². The number of nitrogens with one attached hydrogen (secondary N) is 1. The van der Waals surface area contributed by atoms with Crippen LogP contribution in [0.1, 0.15) is 38.5 Å². The second-order valence-electron chi connectivity index (χ2n) is 5.68. The Hall–Kier alpha value is -1.10. The van der Waals surface area contributed by atoms with Crippen LogP contribution in [0.3, 0.4) is 0 Å². The van der Waals surface area contributed by atoms with Gasteiger partial charge in [0.1, 0.15) is 0 Å². The standard InChI is InChI=1S/C14H24N2O3/c17-13(16-8-6-15-7-9-16)10-12(14(18)19)11-4-2-1-3-5-11/h11-12,15H,1-10H2,(H,18,19). The molecule has 1 heterocycles. The first-order chi connectivity index (χ1) is 9.18. The number of carboxylic acid groups (broad SMARTS) is 1. The van der Waals surface area contributed by atoms with Crippen LogP contribution in [0.15, 0.2) is 0 Å². The van der Waals surface area contributed by atoms with Crippen LogP contribution in [-0.2, 0) is 9.59 Å². The third kappa shape index (κ3) is 3.93. The number of hydrogen-bond donors (Lipinski definition) is 2. The summed E-state index contributed by atoms with van der Waals surface area (Å²) in [6.07, 6.45) is 5.53. The van der Waals surface area contributed by atoms with Crippen LogP contribution in [0.2, 0.25) is 0 Å². The fraction of sp³-hybridized carbons (Fsp3) is 0.857. The molecule has 0 spiro atoms. The Morgan fingerprint density at radius 3 is 2.37 bits per heavy atom. The van der Waals surface area contributed by atoms with E-state index in [2.05, 4.69) is 5.32 Å². The van der Waals surface area contributed by atoms with Crippen LogP contribution in [0.5, 0.6) is 0 Å². The van der Waals surface area contributed by atoms with E-state index in [0.29, 0.717) is 13.1 Å². The number of hydrogen-bond acceptors (Lipinski definition) is 3. The van der Waals surface area contributed by atoms with Crippen LogP contribution < -0.4 is 5.32 Å². The summed E-state index contributed by atoms with van der Waals surface area (Å²) in [4.78, 5) is 25.4. The largest absolute Gasteiger partial charge is 0.481 e. The molecule has 1 saturated carbocycles. The lowest BCUT2D eigenvalue weighted by Crippen LogP contribution is -2.47. The molecule has 19 heavy (non-hydrogen) atoms. The molecule has 1 aliphatic heterocycles. The molecular formula is C14H24N2O3. The number of piperazine rings is 1. The van der Waals surface area contributed by atoms with E-state index < -0.39 is 11.9 Å². The number of nitrogens with zero attached hydrogens (tertiary/aromatic N) is 1. The van der Waals surface area contributed by atoms with Gasteiger partial charge in [0.25, 0.3) is 0 Å². The molecule has 1 amide bonds. The zero-order valence-corrected chi connectivity index (χ0v) is 11.4. The van der Waals surface area contributed by atoms with E-state index in [0.717, 1.165) is 38.8 Å². The Morgan fingerprint density at radius 2 is 1.79 bits per heavy atom.